The minimum Gasteiger partial charge on any atom is -0.492 e. The number of ether oxygens (including phenoxy) is 4. The van der Waals surface area contributed by atoms with E-state index in [-0.39, 0.29) is 12.4 Å². The van der Waals surface area contributed by atoms with Crippen molar-refractivity contribution < 1.29 is 28.8 Å². The van der Waals surface area contributed by atoms with E-state index in [2.05, 4.69) is 26.8 Å². The molecule has 0 bridgehead atoms. The summed E-state index contributed by atoms with van der Waals surface area (Å²) in [6.45, 7) is 12.4. The number of hydrogen-bond donors (Lipinski definition) is 1. The summed E-state index contributed by atoms with van der Waals surface area (Å²) >= 11 is 0. The second-order valence-electron chi connectivity index (χ2n) is 8.99. The molecule has 31 heavy (non-hydrogen) atoms. The molecule has 1 atom stereocenters. The maximum Gasteiger partial charge on any atom is 0.374 e. The van der Waals surface area contributed by atoms with Crippen molar-refractivity contribution in [2.24, 2.45) is 5.92 Å². The highest BCUT2D eigenvalue weighted by Gasteiger charge is 2.39. The maximum atomic E-state index is 12.4. The quantitative estimate of drug-likeness (QED) is 0.596. The third-order valence-electron chi connectivity index (χ3n) is 5.29. The first-order valence-electron chi connectivity index (χ1n) is 11.1. The summed E-state index contributed by atoms with van der Waals surface area (Å²) in [7, 11) is 0. The molecule has 1 N–H and O–H groups in total. The molecular formula is C25H34O6. The van der Waals surface area contributed by atoms with Crippen molar-refractivity contribution in [3.8, 4) is 17.2 Å². The molecule has 0 spiro atoms. The lowest BCUT2D eigenvalue weighted by Crippen LogP contribution is -2.39. The average Bonchev–Trinajstić information content (AvgIpc) is 3.13. The predicted octanol–water partition coefficient (Wildman–Crippen LogP) is 4.82. The third-order valence-corrected chi connectivity index (χ3v) is 5.29. The summed E-state index contributed by atoms with van der Waals surface area (Å²) in [5.74, 6) is 1.91. The summed E-state index contributed by atoms with van der Waals surface area (Å²) in [6, 6.07) is 1.80. The van der Waals surface area contributed by atoms with Crippen molar-refractivity contribution in [2.45, 2.75) is 72.5 Å². The Bertz CT molecular complexity index is 888. The van der Waals surface area contributed by atoms with Crippen molar-refractivity contribution in [3.63, 3.8) is 0 Å². The molecule has 1 aromatic carbocycles. The molecule has 6 nitrogen and oxygen atoms in total. The van der Waals surface area contributed by atoms with E-state index in [1.165, 1.54) is 0 Å². The summed E-state index contributed by atoms with van der Waals surface area (Å²) in [5.41, 5.74) is 1.61. The molecule has 6 heteroatoms. The average molecular weight is 431 g/mol. The van der Waals surface area contributed by atoms with Crippen LogP contribution in [0.5, 0.6) is 17.2 Å². The van der Waals surface area contributed by atoms with Crippen LogP contribution in [0.25, 0.3) is 5.57 Å². The first-order valence-corrected chi connectivity index (χ1v) is 11.1. The van der Waals surface area contributed by atoms with Crippen LogP contribution in [-0.4, -0.2) is 36.0 Å². The Hall–Kier alpha value is -2.47. The van der Waals surface area contributed by atoms with Crippen LogP contribution in [0.1, 0.15) is 65.5 Å². The van der Waals surface area contributed by atoms with Gasteiger partial charge in [-0.05, 0) is 51.2 Å². The molecule has 0 aliphatic carbocycles. The minimum absolute atomic E-state index is 0.141. The number of aliphatic hydroxyl groups is 1. The zero-order chi connectivity index (χ0) is 22.8. The fourth-order valence-electron chi connectivity index (χ4n) is 3.63. The van der Waals surface area contributed by atoms with Gasteiger partial charge < -0.3 is 24.1 Å². The molecule has 2 heterocycles. The van der Waals surface area contributed by atoms with E-state index in [9.17, 15) is 9.90 Å². The molecule has 1 aromatic rings. The number of benzene rings is 1. The van der Waals surface area contributed by atoms with Gasteiger partial charge >= 0.3 is 5.97 Å². The van der Waals surface area contributed by atoms with Crippen molar-refractivity contribution in [1.29, 1.82) is 0 Å². The molecule has 0 saturated carbocycles. The zero-order valence-corrected chi connectivity index (χ0v) is 19.4. The summed E-state index contributed by atoms with van der Waals surface area (Å²) in [6.07, 6.45) is 5.68. The SMILES string of the molecule is CCCOc1c2c(cc3c1C(=CCC(C)C)C=C(C(=O)OCC)O3)OC(C(C)(C)O)C2. The van der Waals surface area contributed by atoms with Gasteiger partial charge in [0.2, 0.25) is 5.76 Å². The minimum atomic E-state index is -1.01. The van der Waals surface area contributed by atoms with Gasteiger partial charge in [-0.15, -0.1) is 0 Å². The van der Waals surface area contributed by atoms with E-state index in [1.807, 2.05) is 0 Å². The fourth-order valence-corrected chi connectivity index (χ4v) is 3.63. The van der Waals surface area contributed by atoms with Crippen LogP contribution >= 0.6 is 0 Å². The van der Waals surface area contributed by atoms with Gasteiger partial charge in [-0.25, -0.2) is 4.79 Å². The van der Waals surface area contributed by atoms with Crippen molar-refractivity contribution in [1.82, 2.24) is 0 Å². The second-order valence-corrected chi connectivity index (χ2v) is 8.99. The van der Waals surface area contributed by atoms with Crippen LogP contribution in [0, 0.1) is 5.92 Å². The maximum absolute atomic E-state index is 12.4. The van der Waals surface area contributed by atoms with Gasteiger partial charge in [-0.3, -0.25) is 0 Å². The number of fused-ring (bicyclic) bond motifs is 2. The lowest BCUT2D eigenvalue weighted by molar-refractivity contribution is -0.141. The highest BCUT2D eigenvalue weighted by molar-refractivity contribution is 5.95. The van der Waals surface area contributed by atoms with Gasteiger partial charge in [0.1, 0.15) is 23.4 Å². The Kier molecular flexibility index (Phi) is 6.99. The van der Waals surface area contributed by atoms with Crippen LogP contribution in [0.2, 0.25) is 0 Å². The third kappa shape index (κ3) is 5.06. The Labute approximate surface area is 184 Å². The molecule has 3 rings (SSSR count). The van der Waals surface area contributed by atoms with Gasteiger partial charge in [0.05, 0.1) is 24.4 Å². The van der Waals surface area contributed by atoms with Crippen LogP contribution in [0.4, 0.5) is 0 Å². The molecule has 2 aliphatic heterocycles. The van der Waals surface area contributed by atoms with Gasteiger partial charge in [0.15, 0.2) is 0 Å². The highest BCUT2D eigenvalue weighted by Crippen LogP contribution is 2.50. The van der Waals surface area contributed by atoms with Gasteiger partial charge in [-0.1, -0.05) is 26.8 Å². The lowest BCUT2D eigenvalue weighted by atomic mass is 9.92. The topological polar surface area (TPSA) is 74.2 Å². The number of carbonyl (C=O) groups is 1. The van der Waals surface area contributed by atoms with E-state index in [4.69, 9.17) is 18.9 Å². The number of esters is 1. The Morgan fingerprint density at radius 1 is 1.32 bits per heavy atom. The smallest absolute Gasteiger partial charge is 0.374 e. The van der Waals surface area contributed by atoms with E-state index in [0.717, 1.165) is 29.5 Å². The van der Waals surface area contributed by atoms with E-state index in [0.29, 0.717) is 36.2 Å². The summed E-state index contributed by atoms with van der Waals surface area (Å²) < 4.78 is 23.4. The Morgan fingerprint density at radius 3 is 2.68 bits per heavy atom. The Morgan fingerprint density at radius 2 is 2.06 bits per heavy atom. The largest absolute Gasteiger partial charge is 0.492 e. The normalized spacial score (nSPS) is 18.8. The molecule has 0 radical (unpaired) electrons. The van der Waals surface area contributed by atoms with Crippen molar-refractivity contribution >= 4 is 11.5 Å². The molecule has 0 fully saturated rings. The molecular weight excluding hydrogens is 396 g/mol. The number of hydrogen-bond acceptors (Lipinski definition) is 6. The number of carbonyl (C=O) groups excluding carboxylic acids is 1. The second kappa shape index (κ2) is 9.35. The van der Waals surface area contributed by atoms with Crippen LogP contribution < -0.4 is 14.2 Å². The first kappa shape index (κ1) is 23.2. The lowest BCUT2D eigenvalue weighted by Gasteiger charge is -2.24. The summed E-state index contributed by atoms with van der Waals surface area (Å²) in [4.78, 5) is 12.4. The van der Waals surface area contributed by atoms with Crippen LogP contribution in [0.15, 0.2) is 24.0 Å². The van der Waals surface area contributed by atoms with Crippen molar-refractivity contribution in [3.05, 3.63) is 35.1 Å². The summed E-state index contributed by atoms with van der Waals surface area (Å²) in [5, 5.41) is 10.5. The van der Waals surface area contributed by atoms with Crippen LogP contribution in [0.3, 0.4) is 0 Å². The van der Waals surface area contributed by atoms with Crippen molar-refractivity contribution in [2.75, 3.05) is 13.2 Å². The first-order chi connectivity index (χ1) is 14.7. The highest BCUT2D eigenvalue weighted by atomic mass is 16.6. The zero-order valence-electron chi connectivity index (χ0n) is 19.4. The number of rotatable bonds is 8. The standard InChI is InChI=1S/C25H34O6/c1-7-11-29-23-17-13-21(25(5,6)27)31-18(17)14-19-22(23)16(10-9-15(3)4)12-20(30-19)24(26)28-8-2/h10,12,14-15,21,27H,7-9,11,13H2,1-6H3. The molecule has 0 amide bonds. The monoisotopic (exact) mass is 430 g/mol. The fraction of sp³-hybridized carbons (Fsp3) is 0.560. The van der Waals surface area contributed by atoms with Gasteiger partial charge in [0, 0.05) is 18.1 Å². The molecule has 1 unspecified atom stereocenters. The molecule has 170 valence electrons. The molecule has 0 saturated heterocycles. The van der Waals surface area contributed by atoms with E-state index < -0.39 is 17.7 Å². The molecule has 0 aromatic heterocycles. The van der Waals surface area contributed by atoms with E-state index >= 15 is 0 Å². The molecule has 2 aliphatic rings. The van der Waals surface area contributed by atoms with E-state index in [1.54, 1.807) is 32.9 Å². The van der Waals surface area contributed by atoms with Crippen LogP contribution in [-0.2, 0) is 16.0 Å². The van der Waals surface area contributed by atoms with Gasteiger partial charge in [-0.2, -0.15) is 0 Å². The van der Waals surface area contributed by atoms with Gasteiger partial charge in [0.25, 0.3) is 0 Å². The Balaban J connectivity index is 2.14. The predicted molar refractivity (Wildman–Crippen MR) is 119 cm³/mol. The number of allylic oxidation sites excluding steroid dienone is 3.